The highest BCUT2D eigenvalue weighted by Crippen LogP contribution is 2.22. The van der Waals surface area contributed by atoms with E-state index in [1.54, 1.807) is 18.0 Å². The number of thioether (sulfide) groups is 1. The number of rotatable bonds is 6. The topological polar surface area (TPSA) is 38.1 Å². The predicted molar refractivity (Wildman–Crippen MR) is 74.5 cm³/mol. The minimum absolute atomic E-state index is 0.519. The van der Waals surface area contributed by atoms with Crippen molar-refractivity contribution >= 4 is 11.8 Å². The van der Waals surface area contributed by atoms with Crippen LogP contribution in [0.2, 0.25) is 0 Å². The first-order valence-electron chi connectivity index (χ1n) is 6.09. The van der Waals surface area contributed by atoms with Crippen LogP contribution in [0.4, 0.5) is 0 Å². The summed E-state index contributed by atoms with van der Waals surface area (Å²) < 4.78 is 5.06. The maximum Gasteiger partial charge on any atom is 0.146 e. The van der Waals surface area contributed by atoms with Gasteiger partial charge in [-0.25, -0.2) is 0 Å². The summed E-state index contributed by atoms with van der Waals surface area (Å²) in [6, 6.07) is 11.0. The predicted octanol–water partition coefficient (Wildman–Crippen LogP) is 3.46. The molecule has 2 aromatic rings. The van der Waals surface area contributed by atoms with Crippen LogP contribution in [-0.4, -0.2) is 11.2 Å². The Bertz CT molecular complexity index is 451. The molecule has 3 nitrogen and oxygen atoms in total. The van der Waals surface area contributed by atoms with Crippen LogP contribution in [-0.2, 0) is 12.3 Å². The quantitative estimate of drug-likeness (QED) is 0.809. The molecule has 0 spiro atoms. The maximum absolute atomic E-state index is 5.06. The Labute approximate surface area is 112 Å². The van der Waals surface area contributed by atoms with Gasteiger partial charge in [-0.3, -0.25) is 0 Å². The molecule has 1 heterocycles. The van der Waals surface area contributed by atoms with Crippen molar-refractivity contribution in [2.45, 2.75) is 37.1 Å². The molecule has 0 saturated heterocycles. The fourth-order valence-corrected chi connectivity index (χ4v) is 2.28. The van der Waals surface area contributed by atoms with Gasteiger partial charge < -0.3 is 9.84 Å². The molecule has 1 N–H and O–H groups in total. The molecular formula is C14H18N2OS. The second kappa shape index (κ2) is 6.61. The average Bonchev–Trinajstić information content (AvgIpc) is 2.88. The Balaban J connectivity index is 1.83. The normalized spacial score (nSPS) is 11.1. The molecule has 0 aliphatic heterocycles. The summed E-state index contributed by atoms with van der Waals surface area (Å²) in [5.74, 6) is 1.73. The maximum atomic E-state index is 5.06. The van der Waals surface area contributed by atoms with Crippen LogP contribution in [0.1, 0.15) is 25.2 Å². The van der Waals surface area contributed by atoms with E-state index in [0.29, 0.717) is 6.04 Å². The monoisotopic (exact) mass is 262 g/mol. The Hall–Kier alpha value is -1.26. The van der Waals surface area contributed by atoms with E-state index in [0.717, 1.165) is 18.1 Å². The molecule has 0 atom stereocenters. The average molecular weight is 262 g/mol. The fourth-order valence-electron chi connectivity index (χ4n) is 1.50. The standard InChI is InChI=1S/C14H18N2OS/c1-11(2)15-9-12-3-5-14(6-4-12)18-10-13-7-8-16-17-13/h3-8,11,15H,9-10H2,1-2H3. The molecule has 0 saturated carbocycles. The first-order chi connectivity index (χ1) is 8.74. The van der Waals surface area contributed by atoms with Crippen molar-refractivity contribution in [1.82, 2.24) is 10.5 Å². The van der Waals surface area contributed by atoms with E-state index in [1.165, 1.54) is 10.5 Å². The van der Waals surface area contributed by atoms with Gasteiger partial charge in [-0.1, -0.05) is 31.1 Å². The number of hydrogen-bond donors (Lipinski definition) is 1. The highest BCUT2D eigenvalue weighted by Gasteiger charge is 2.00. The minimum Gasteiger partial charge on any atom is -0.361 e. The summed E-state index contributed by atoms with van der Waals surface area (Å²) in [5.41, 5.74) is 1.31. The van der Waals surface area contributed by atoms with Crippen LogP contribution in [0, 0.1) is 0 Å². The van der Waals surface area contributed by atoms with E-state index in [9.17, 15) is 0 Å². The Morgan fingerprint density at radius 2 is 2.00 bits per heavy atom. The van der Waals surface area contributed by atoms with Crippen molar-refractivity contribution in [3.05, 3.63) is 47.9 Å². The van der Waals surface area contributed by atoms with Gasteiger partial charge in [0.1, 0.15) is 5.76 Å². The molecule has 18 heavy (non-hydrogen) atoms. The Morgan fingerprint density at radius 3 is 2.61 bits per heavy atom. The molecule has 1 aromatic carbocycles. The van der Waals surface area contributed by atoms with Gasteiger partial charge in [0.15, 0.2) is 0 Å². The van der Waals surface area contributed by atoms with Crippen LogP contribution in [0.5, 0.6) is 0 Å². The van der Waals surface area contributed by atoms with Gasteiger partial charge >= 0.3 is 0 Å². The molecule has 0 radical (unpaired) electrons. The first kappa shape index (κ1) is 13.2. The lowest BCUT2D eigenvalue weighted by Crippen LogP contribution is -2.21. The largest absolute Gasteiger partial charge is 0.361 e. The summed E-state index contributed by atoms with van der Waals surface area (Å²) in [4.78, 5) is 1.25. The van der Waals surface area contributed by atoms with Crippen molar-refractivity contribution in [2.75, 3.05) is 0 Å². The molecule has 4 heteroatoms. The Kier molecular flexibility index (Phi) is 4.84. The van der Waals surface area contributed by atoms with Crippen molar-refractivity contribution in [3.63, 3.8) is 0 Å². The first-order valence-corrected chi connectivity index (χ1v) is 7.07. The van der Waals surface area contributed by atoms with Gasteiger partial charge in [-0.15, -0.1) is 11.8 Å². The van der Waals surface area contributed by atoms with E-state index in [4.69, 9.17) is 4.52 Å². The van der Waals surface area contributed by atoms with Crippen LogP contribution in [0.3, 0.4) is 0 Å². The third-order valence-electron chi connectivity index (χ3n) is 2.51. The molecule has 1 aromatic heterocycles. The summed E-state index contributed by atoms with van der Waals surface area (Å²) in [6.07, 6.45) is 1.68. The van der Waals surface area contributed by atoms with Crippen LogP contribution in [0.15, 0.2) is 45.9 Å². The SMILES string of the molecule is CC(C)NCc1ccc(SCc2ccno2)cc1. The molecule has 0 aliphatic carbocycles. The van der Waals surface area contributed by atoms with Crippen LogP contribution >= 0.6 is 11.8 Å². The van der Waals surface area contributed by atoms with E-state index in [2.05, 4.69) is 48.6 Å². The molecule has 0 fully saturated rings. The highest BCUT2D eigenvalue weighted by molar-refractivity contribution is 7.98. The van der Waals surface area contributed by atoms with Crippen LogP contribution < -0.4 is 5.32 Å². The highest BCUT2D eigenvalue weighted by atomic mass is 32.2. The van der Waals surface area contributed by atoms with Gasteiger partial charge in [0.05, 0.1) is 11.9 Å². The van der Waals surface area contributed by atoms with E-state index in [1.807, 2.05) is 6.07 Å². The van der Waals surface area contributed by atoms with Crippen molar-refractivity contribution in [1.29, 1.82) is 0 Å². The van der Waals surface area contributed by atoms with Gasteiger partial charge in [0, 0.05) is 23.5 Å². The summed E-state index contributed by atoms with van der Waals surface area (Å²) in [6.45, 7) is 5.23. The zero-order chi connectivity index (χ0) is 12.8. The molecule has 0 unspecified atom stereocenters. The van der Waals surface area contributed by atoms with Crippen LogP contribution in [0.25, 0.3) is 0 Å². The lowest BCUT2D eigenvalue weighted by Gasteiger charge is -2.08. The number of nitrogens with one attached hydrogen (secondary N) is 1. The molecular weight excluding hydrogens is 244 g/mol. The second-order valence-electron chi connectivity index (χ2n) is 4.45. The number of hydrogen-bond acceptors (Lipinski definition) is 4. The van der Waals surface area contributed by atoms with Gasteiger partial charge in [-0.2, -0.15) is 0 Å². The van der Waals surface area contributed by atoms with Crippen molar-refractivity contribution in [2.24, 2.45) is 0 Å². The Morgan fingerprint density at radius 1 is 1.22 bits per heavy atom. The molecule has 0 amide bonds. The minimum atomic E-state index is 0.519. The zero-order valence-electron chi connectivity index (χ0n) is 10.7. The third kappa shape index (κ3) is 4.20. The summed E-state index contributed by atoms with van der Waals surface area (Å²) in [5, 5.41) is 7.10. The number of nitrogens with zero attached hydrogens (tertiary/aromatic N) is 1. The summed E-state index contributed by atoms with van der Waals surface area (Å²) in [7, 11) is 0. The molecule has 2 rings (SSSR count). The second-order valence-corrected chi connectivity index (χ2v) is 5.50. The number of benzene rings is 1. The molecule has 0 bridgehead atoms. The lowest BCUT2D eigenvalue weighted by atomic mass is 10.2. The number of aromatic nitrogens is 1. The fraction of sp³-hybridized carbons (Fsp3) is 0.357. The third-order valence-corrected chi connectivity index (χ3v) is 3.54. The van der Waals surface area contributed by atoms with E-state index < -0.39 is 0 Å². The molecule has 96 valence electrons. The van der Waals surface area contributed by atoms with Crippen molar-refractivity contribution < 1.29 is 4.52 Å². The van der Waals surface area contributed by atoms with E-state index in [-0.39, 0.29) is 0 Å². The van der Waals surface area contributed by atoms with Gasteiger partial charge in [0.2, 0.25) is 0 Å². The van der Waals surface area contributed by atoms with Crippen molar-refractivity contribution in [3.8, 4) is 0 Å². The van der Waals surface area contributed by atoms with Gasteiger partial charge in [0.25, 0.3) is 0 Å². The smallest absolute Gasteiger partial charge is 0.146 e. The zero-order valence-corrected chi connectivity index (χ0v) is 11.5. The van der Waals surface area contributed by atoms with E-state index >= 15 is 0 Å². The molecule has 0 aliphatic rings. The summed E-state index contributed by atoms with van der Waals surface area (Å²) >= 11 is 1.76. The van der Waals surface area contributed by atoms with Gasteiger partial charge in [-0.05, 0) is 17.7 Å². The lowest BCUT2D eigenvalue weighted by molar-refractivity contribution is 0.395.